The highest BCUT2D eigenvalue weighted by molar-refractivity contribution is 6.05. The molecule has 1 aliphatic rings. The Hall–Kier alpha value is -2.04. The fourth-order valence-electron chi connectivity index (χ4n) is 1.87. The highest BCUT2D eigenvalue weighted by atomic mass is 16.2. The van der Waals surface area contributed by atoms with Gasteiger partial charge in [0, 0.05) is 32.4 Å². The van der Waals surface area contributed by atoms with E-state index in [2.05, 4.69) is 5.32 Å². The van der Waals surface area contributed by atoms with Crippen LogP contribution in [0.5, 0.6) is 0 Å². The monoisotopic (exact) mass is 233 g/mol. The van der Waals surface area contributed by atoms with E-state index in [0.29, 0.717) is 0 Å². The van der Waals surface area contributed by atoms with E-state index in [-0.39, 0.29) is 11.9 Å². The van der Waals surface area contributed by atoms with Crippen LogP contribution in [0.2, 0.25) is 0 Å². The van der Waals surface area contributed by atoms with Gasteiger partial charge in [0.25, 0.3) is 5.91 Å². The van der Waals surface area contributed by atoms with Crippen LogP contribution in [-0.2, 0) is 4.79 Å². The summed E-state index contributed by atoms with van der Waals surface area (Å²) in [6.45, 7) is 0. The van der Waals surface area contributed by atoms with Gasteiger partial charge in [-0.25, -0.2) is 4.79 Å². The molecule has 0 aromatic heterocycles. The number of urea groups is 1. The van der Waals surface area contributed by atoms with Gasteiger partial charge in [-0.15, -0.1) is 0 Å². The first-order valence-electron chi connectivity index (χ1n) is 5.36. The number of amides is 3. The average Bonchev–Trinajstić information content (AvgIpc) is 2.55. The topological polar surface area (TPSA) is 52.7 Å². The zero-order valence-electron chi connectivity index (χ0n) is 10.1. The Balaban J connectivity index is 2.30. The molecule has 0 saturated heterocycles. The third-order valence-corrected chi connectivity index (χ3v) is 2.86. The summed E-state index contributed by atoms with van der Waals surface area (Å²) in [6.07, 6.45) is 0. The first kappa shape index (κ1) is 11.4. The van der Waals surface area contributed by atoms with Gasteiger partial charge in [-0.05, 0) is 6.07 Å². The summed E-state index contributed by atoms with van der Waals surface area (Å²) in [5, 5.41) is 2.71. The van der Waals surface area contributed by atoms with Crippen LogP contribution in [-0.4, -0.2) is 38.0 Å². The second kappa shape index (κ2) is 4.08. The van der Waals surface area contributed by atoms with Gasteiger partial charge in [0.15, 0.2) is 0 Å². The van der Waals surface area contributed by atoms with Crippen LogP contribution < -0.4 is 10.2 Å². The molecule has 2 rings (SSSR count). The van der Waals surface area contributed by atoms with Crippen molar-refractivity contribution in [1.29, 1.82) is 0 Å². The standard InChI is InChI=1S/C12H15N3O2/c1-14(2)12(17)13-10-8-6-4-5-7-9(8)15(3)11(10)16/h4-7,10H,1-3H3,(H,13,17). The van der Waals surface area contributed by atoms with E-state index in [1.54, 1.807) is 26.0 Å². The lowest BCUT2D eigenvalue weighted by Crippen LogP contribution is -2.41. The number of para-hydroxylation sites is 1. The summed E-state index contributed by atoms with van der Waals surface area (Å²) in [5.74, 6) is -0.110. The van der Waals surface area contributed by atoms with E-state index in [4.69, 9.17) is 0 Å². The van der Waals surface area contributed by atoms with Crippen molar-refractivity contribution in [1.82, 2.24) is 10.2 Å². The zero-order valence-corrected chi connectivity index (χ0v) is 10.1. The smallest absolute Gasteiger partial charge is 0.317 e. The Labute approximate surface area is 100 Å². The molecule has 0 saturated carbocycles. The molecule has 0 spiro atoms. The normalized spacial score (nSPS) is 17.9. The van der Waals surface area contributed by atoms with Crippen LogP contribution in [0.15, 0.2) is 24.3 Å². The molecule has 1 atom stereocenters. The van der Waals surface area contributed by atoms with Crippen molar-refractivity contribution >= 4 is 17.6 Å². The molecule has 1 heterocycles. The van der Waals surface area contributed by atoms with Gasteiger partial charge in [0.1, 0.15) is 6.04 Å². The molecular formula is C12H15N3O2. The summed E-state index contributed by atoms with van der Waals surface area (Å²) in [4.78, 5) is 26.6. The molecule has 0 radical (unpaired) electrons. The van der Waals surface area contributed by atoms with E-state index < -0.39 is 6.04 Å². The summed E-state index contributed by atoms with van der Waals surface area (Å²) >= 11 is 0. The second-order valence-electron chi connectivity index (χ2n) is 4.23. The molecule has 17 heavy (non-hydrogen) atoms. The lowest BCUT2D eigenvalue weighted by Gasteiger charge is -2.16. The van der Waals surface area contributed by atoms with E-state index in [9.17, 15) is 9.59 Å². The molecule has 0 bridgehead atoms. The molecule has 0 fully saturated rings. The summed E-state index contributed by atoms with van der Waals surface area (Å²) in [5.41, 5.74) is 1.69. The van der Waals surface area contributed by atoms with Crippen LogP contribution in [0.4, 0.5) is 10.5 Å². The van der Waals surface area contributed by atoms with Crippen LogP contribution in [0.3, 0.4) is 0 Å². The molecule has 1 unspecified atom stereocenters. The predicted octanol–water partition coefficient (Wildman–Crippen LogP) is 0.975. The van der Waals surface area contributed by atoms with Gasteiger partial charge in [-0.3, -0.25) is 4.79 Å². The number of hydrogen-bond acceptors (Lipinski definition) is 2. The molecule has 5 nitrogen and oxygen atoms in total. The third kappa shape index (κ3) is 1.84. The Morgan fingerprint density at radius 1 is 1.35 bits per heavy atom. The summed E-state index contributed by atoms with van der Waals surface area (Å²) < 4.78 is 0. The summed E-state index contributed by atoms with van der Waals surface area (Å²) in [7, 11) is 5.00. The molecule has 3 amide bonds. The molecular weight excluding hydrogens is 218 g/mol. The van der Waals surface area contributed by atoms with Crippen molar-refractivity contribution in [2.75, 3.05) is 26.0 Å². The van der Waals surface area contributed by atoms with Crippen molar-refractivity contribution in [3.63, 3.8) is 0 Å². The number of hydrogen-bond donors (Lipinski definition) is 1. The molecule has 1 N–H and O–H groups in total. The molecule has 0 aliphatic carbocycles. The molecule has 5 heteroatoms. The van der Waals surface area contributed by atoms with Crippen LogP contribution >= 0.6 is 0 Å². The second-order valence-corrected chi connectivity index (χ2v) is 4.23. The van der Waals surface area contributed by atoms with E-state index >= 15 is 0 Å². The highest BCUT2D eigenvalue weighted by Crippen LogP contribution is 2.34. The minimum absolute atomic E-state index is 0.110. The molecule has 90 valence electrons. The SMILES string of the molecule is CN(C)C(=O)NC1C(=O)N(C)c2ccccc21. The van der Waals surface area contributed by atoms with Crippen molar-refractivity contribution in [3.05, 3.63) is 29.8 Å². The van der Waals surface area contributed by atoms with Gasteiger partial charge in [-0.2, -0.15) is 0 Å². The van der Waals surface area contributed by atoms with E-state index in [1.165, 1.54) is 4.90 Å². The first-order valence-corrected chi connectivity index (χ1v) is 5.36. The maximum atomic E-state index is 12.0. The van der Waals surface area contributed by atoms with Gasteiger partial charge >= 0.3 is 6.03 Å². The fraction of sp³-hybridized carbons (Fsp3) is 0.333. The number of likely N-dealkylation sites (N-methyl/N-ethyl adjacent to an activating group) is 1. The van der Waals surface area contributed by atoms with Crippen molar-refractivity contribution < 1.29 is 9.59 Å². The van der Waals surface area contributed by atoms with E-state index in [1.807, 2.05) is 24.3 Å². The predicted molar refractivity (Wildman–Crippen MR) is 64.8 cm³/mol. The fourth-order valence-corrected chi connectivity index (χ4v) is 1.87. The number of carbonyl (C=O) groups is 2. The quantitative estimate of drug-likeness (QED) is 0.786. The number of rotatable bonds is 1. The maximum Gasteiger partial charge on any atom is 0.317 e. The van der Waals surface area contributed by atoms with Gasteiger partial charge in [-0.1, -0.05) is 18.2 Å². The Morgan fingerprint density at radius 2 is 2.00 bits per heavy atom. The van der Waals surface area contributed by atoms with Gasteiger partial charge in [0.05, 0.1) is 0 Å². The Morgan fingerprint density at radius 3 is 2.65 bits per heavy atom. The molecule has 1 aliphatic heterocycles. The van der Waals surface area contributed by atoms with Crippen molar-refractivity contribution in [2.24, 2.45) is 0 Å². The molecule has 1 aromatic rings. The first-order chi connectivity index (χ1) is 8.02. The average molecular weight is 233 g/mol. The van der Waals surface area contributed by atoms with Crippen molar-refractivity contribution in [3.8, 4) is 0 Å². The number of benzene rings is 1. The Bertz CT molecular complexity index is 471. The Kier molecular flexibility index (Phi) is 2.75. The van der Waals surface area contributed by atoms with Crippen molar-refractivity contribution in [2.45, 2.75) is 6.04 Å². The minimum atomic E-state index is -0.578. The number of fused-ring (bicyclic) bond motifs is 1. The highest BCUT2D eigenvalue weighted by Gasteiger charge is 2.35. The number of nitrogens with zero attached hydrogens (tertiary/aromatic N) is 2. The van der Waals surface area contributed by atoms with Gasteiger partial charge in [0.2, 0.25) is 0 Å². The zero-order chi connectivity index (χ0) is 12.6. The van der Waals surface area contributed by atoms with E-state index in [0.717, 1.165) is 11.3 Å². The lowest BCUT2D eigenvalue weighted by atomic mass is 10.1. The van der Waals surface area contributed by atoms with Crippen LogP contribution in [0, 0.1) is 0 Å². The third-order valence-electron chi connectivity index (χ3n) is 2.86. The van der Waals surface area contributed by atoms with Crippen LogP contribution in [0.25, 0.3) is 0 Å². The largest absolute Gasteiger partial charge is 0.331 e. The minimum Gasteiger partial charge on any atom is -0.331 e. The number of nitrogens with one attached hydrogen (secondary N) is 1. The van der Waals surface area contributed by atoms with Gasteiger partial charge < -0.3 is 15.1 Å². The maximum absolute atomic E-state index is 12.0. The summed E-state index contributed by atoms with van der Waals surface area (Å²) in [6, 6.07) is 6.62. The number of carbonyl (C=O) groups excluding carboxylic acids is 2. The van der Waals surface area contributed by atoms with Crippen LogP contribution in [0.1, 0.15) is 11.6 Å². The lowest BCUT2D eigenvalue weighted by molar-refractivity contribution is -0.119. The molecule has 1 aromatic carbocycles. The number of anilines is 1.